The highest BCUT2D eigenvalue weighted by Gasteiger charge is 2.24. The van der Waals surface area contributed by atoms with Crippen molar-refractivity contribution in [3.05, 3.63) is 48.3 Å². The molecular weight excluding hydrogens is 415 g/mol. The minimum absolute atomic E-state index is 0.0105. The molecule has 0 bridgehead atoms. The van der Waals surface area contributed by atoms with E-state index in [-0.39, 0.29) is 29.3 Å². The molecule has 1 aliphatic carbocycles. The van der Waals surface area contributed by atoms with Crippen LogP contribution in [0.5, 0.6) is 5.88 Å². The standard InChI is InChI=1S/C22H25FN6O3/c1-31-22-14(12-6-7-32-11-12)8-13(10-26-22)27-20-15(19(25)30)9-16(23)21(29-20)28-18-5-3-2-4-17(18)24/h6-11,17-18H,2-5,24H2,1H3,(H2,25,30)(H2,27,28,29)/t17-,18+/m0/s1. The van der Waals surface area contributed by atoms with Gasteiger partial charge in [0.25, 0.3) is 5.91 Å². The Labute approximate surface area is 184 Å². The van der Waals surface area contributed by atoms with E-state index in [9.17, 15) is 9.18 Å². The minimum Gasteiger partial charge on any atom is -0.481 e. The first-order chi connectivity index (χ1) is 15.5. The Balaban J connectivity index is 1.68. The summed E-state index contributed by atoms with van der Waals surface area (Å²) in [7, 11) is 1.51. The molecule has 2 atom stereocenters. The van der Waals surface area contributed by atoms with Gasteiger partial charge in [0, 0.05) is 23.2 Å². The van der Waals surface area contributed by atoms with Gasteiger partial charge in [0.1, 0.15) is 5.82 Å². The van der Waals surface area contributed by atoms with Gasteiger partial charge >= 0.3 is 0 Å². The second-order valence-electron chi connectivity index (χ2n) is 7.70. The number of halogens is 1. The van der Waals surface area contributed by atoms with E-state index < -0.39 is 11.7 Å². The van der Waals surface area contributed by atoms with Gasteiger partial charge in [-0.05, 0) is 31.0 Å². The van der Waals surface area contributed by atoms with Crippen molar-refractivity contribution in [2.45, 2.75) is 37.8 Å². The van der Waals surface area contributed by atoms with Gasteiger partial charge in [0.05, 0.1) is 37.1 Å². The molecule has 10 heteroatoms. The molecule has 1 aliphatic rings. The van der Waals surface area contributed by atoms with Gasteiger partial charge in [-0.25, -0.2) is 14.4 Å². The number of anilines is 3. The fourth-order valence-electron chi connectivity index (χ4n) is 3.83. The Bertz CT molecular complexity index is 1110. The zero-order chi connectivity index (χ0) is 22.7. The molecular formula is C22H25FN6O3. The second kappa shape index (κ2) is 9.23. The lowest BCUT2D eigenvalue weighted by Crippen LogP contribution is -2.43. The van der Waals surface area contributed by atoms with Crippen LogP contribution in [0.3, 0.4) is 0 Å². The highest BCUT2D eigenvalue weighted by molar-refractivity contribution is 5.98. The van der Waals surface area contributed by atoms with Gasteiger partial charge in [0.2, 0.25) is 5.88 Å². The second-order valence-corrected chi connectivity index (χ2v) is 7.70. The first kappa shape index (κ1) is 21.6. The molecule has 1 saturated carbocycles. The summed E-state index contributed by atoms with van der Waals surface area (Å²) in [4.78, 5) is 20.6. The summed E-state index contributed by atoms with van der Waals surface area (Å²) in [6, 6.07) is 4.40. The zero-order valence-corrected chi connectivity index (χ0v) is 17.6. The lowest BCUT2D eigenvalue weighted by atomic mass is 9.91. The average Bonchev–Trinajstić information content (AvgIpc) is 3.32. The van der Waals surface area contributed by atoms with E-state index in [0.29, 0.717) is 17.1 Å². The third-order valence-electron chi connectivity index (χ3n) is 5.52. The van der Waals surface area contributed by atoms with Crippen LogP contribution < -0.4 is 26.8 Å². The highest BCUT2D eigenvalue weighted by Crippen LogP contribution is 2.32. The Hall–Kier alpha value is -3.66. The molecule has 0 aliphatic heterocycles. The van der Waals surface area contributed by atoms with Crippen molar-refractivity contribution in [1.29, 1.82) is 0 Å². The van der Waals surface area contributed by atoms with Crippen LogP contribution in [0.1, 0.15) is 36.0 Å². The van der Waals surface area contributed by atoms with Crippen LogP contribution in [-0.4, -0.2) is 35.1 Å². The summed E-state index contributed by atoms with van der Waals surface area (Å²) < 4.78 is 25.2. The number of amides is 1. The molecule has 0 spiro atoms. The van der Waals surface area contributed by atoms with Gasteiger partial charge in [-0.2, -0.15) is 0 Å². The average molecular weight is 440 g/mol. The summed E-state index contributed by atoms with van der Waals surface area (Å²) in [5.74, 6) is -0.967. The lowest BCUT2D eigenvalue weighted by molar-refractivity contribution is 0.100. The number of ether oxygens (including phenoxy) is 1. The van der Waals surface area contributed by atoms with Crippen molar-refractivity contribution in [2.24, 2.45) is 11.5 Å². The normalized spacial score (nSPS) is 18.2. The summed E-state index contributed by atoms with van der Waals surface area (Å²) in [6.07, 6.45) is 8.34. The Morgan fingerprint density at radius 3 is 2.78 bits per heavy atom. The predicted molar refractivity (Wildman–Crippen MR) is 118 cm³/mol. The maximum atomic E-state index is 14.7. The van der Waals surface area contributed by atoms with Gasteiger partial charge in [0.15, 0.2) is 11.6 Å². The molecule has 9 nitrogen and oxygen atoms in total. The highest BCUT2D eigenvalue weighted by atomic mass is 19.1. The molecule has 3 heterocycles. The van der Waals surface area contributed by atoms with E-state index >= 15 is 0 Å². The number of aromatic nitrogens is 2. The number of pyridine rings is 2. The van der Waals surface area contributed by atoms with Gasteiger partial charge in [-0.1, -0.05) is 12.8 Å². The molecule has 3 aromatic heterocycles. The Morgan fingerprint density at radius 2 is 2.09 bits per heavy atom. The number of furan rings is 1. The third kappa shape index (κ3) is 4.50. The number of nitrogens with one attached hydrogen (secondary N) is 2. The smallest absolute Gasteiger partial charge is 0.252 e. The van der Waals surface area contributed by atoms with Crippen LogP contribution in [0.15, 0.2) is 41.3 Å². The number of carbonyl (C=O) groups excluding carboxylic acids is 1. The Morgan fingerprint density at radius 1 is 1.28 bits per heavy atom. The fourth-order valence-corrected chi connectivity index (χ4v) is 3.83. The van der Waals surface area contributed by atoms with Crippen LogP contribution in [0.25, 0.3) is 11.1 Å². The SMILES string of the molecule is COc1ncc(Nc2nc(N[C@@H]3CCCC[C@@H]3N)c(F)cc2C(N)=O)cc1-c1ccoc1. The Kier molecular flexibility index (Phi) is 6.22. The van der Waals surface area contributed by atoms with Crippen molar-refractivity contribution in [3.63, 3.8) is 0 Å². The van der Waals surface area contributed by atoms with E-state index in [1.165, 1.54) is 19.6 Å². The van der Waals surface area contributed by atoms with Crippen molar-refractivity contribution in [3.8, 4) is 17.0 Å². The fraction of sp³-hybridized carbons (Fsp3) is 0.318. The molecule has 1 amide bonds. The van der Waals surface area contributed by atoms with Gasteiger partial charge in [-0.3, -0.25) is 4.79 Å². The monoisotopic (exact) mass is 440 g/mol. The predicted octanol–water partition coefficient (Wildman–Crippen LogP) is 3.41. The van der Waals surface area contributed by atoms with Crippen molar-refractivity contribution in [1.82, 2.24) is 9.97 Å². The number of rotatable bonds is 7. The first-order valence-electron chi connectivity index (χ1n) is 10.3. The van der Waals surface area contributed by atoms with E-state index in [2.05, 4.69) is 20.6 Å². The minimum atomic E-state index is -0.809. The van der Waals surface area contributed by atoms with Crippen LogP contribution >= 0.6 is 0 Å². The molecule has 0 aromatic carbocycles. The number of primary amides is 1. The van der Waals surface area contributed by atoms with E-state index in [1.807, 2.05) is 0 Å². The van der Waals surface area contributed by atoms with Crippen molar-refractivity contribution in [2.75, 3.05) is 17.7 Å². The van der Waals surface area contributed by atoms with E-state index in [0.717, 1.165) is 37.3 Å². The quantitative estimate of drug-likeness (QED) is 0.438. The number of hydrogen-bond acceptors (Lipinski definition) is 8. The summed E-state index contributed by atoms with van der Waals surface area (Å²) in [6.45, 7) is 0. The largest absolute Gasteiger partial charge is 0.481 e. The van der Waals surface area contributed by atoms with Gasteiger partial charge in [-0.15, -0.1) is 0 Å². The molecule has 32 heavy (non-hydrogen) atoms. The molecule has 4 rings (SSSR count). The molecule has 6 N–H and O–H groups in total. The van der Waals surface area contributed by atoms with Crippen LogP contribution in [0.2, 0.25) is 0 Å². The number of methoxy groups -OCH3 is 1. The molecule has 1 fully saturated rings. The van der Waals surface area contributed by atoms with Gasteiger partial charge < -0.3 is 31.3 Å². The number of carbonyl (C=O) groups is 1. The summed E-state index contributed by atoms with van der Waals surface area (Å²) in [5.41, 5.74) is 13.5. The van der Waals surface area contributed by atoms with Crippen LogP contribution in [-0.2, 0) is 0 Å². The van der Waals surface area contributed by atoms with Crippen LogP contribution in [0, 0.1) is 5.82 Å². The molecule has 168 valence electrons. The summed E-state index contributed by atoms with van der Waals surface area (Å²) >= 11 is 0. The van der Waals surface area contributed by atoms with E-state index in [1.54, 1.807) is 18.4 Å². The number of nitrogens with two attached hydrogens (primary N) is 2. The maximum absolute atomic E-state index is 14.7. The maximum Gasteiger partial charge on any atom is 0.252 e. The lowest BCUT2D eigenvalue weighted by Gasteiger charge is -2.30. The van der Waals surface area contributed by atoms with Crippen molar-refractivity contribution >= 4 is 23.2 Å². The van der Waals surface area contributed by atoms with Crippen LogP contribution in [0.4, 0.5) is 21.7 Å². The molecule has 0 radical (unpaired) electrons. The molecule has 0 saturated heterocycles. The molecule has 3 aromatic rings. The van der Waals surface area contributed by atoms with E-state index in [4.69, 9.17) is 20.6 Å². The molecule has 0 unspecified atom stereocenters. The zero-order valence-electron chi connectivity index (χ0n) is 17.6. The number of nitrogens with zero attached hydrogens (tertiary/aromatic N) is 2. The number of hydrogen-bond donors (Lipinski definition) is 4. The summed E-state index contributed by atoms with van der Waals surface area (Å²) in [5, 5.41) is 6.12. The topological polar surface area (TPSA) is 141 Å². The third-order valence-corrected chi connectivity index (χ3v) is 5.52. The van der Waals surface area contributed by atoms with Crippen molar-refractivity contribution < 1.29 is 18.3 Å². The first-order valence-corrected chi connectivity index (χ1v) is 10.3.